The van der Waals surface area contributed by atoms with Crippen LogP contribution in [-0.2, 0) is 14.3 Å². The average molecular weight is 334 g/mol. The van der Waals surface area contributed by atoms with E-state index in [4.69, 9.17) is 9.47 Å². The number of nitrogens with one attached hydrogen (secondary N) is 1. The van der Waals surface area contributed by atoms with Gasteiger partial charge in [-0.3, -0.25) is 19.3 Å². The molecule has 0 aromatic heterocycles. The number of likely N-dealkylation sites (tertiary alicyclic amines) is 1. The Morgan fingerprint density at radius 1 is 1.25 bits per heavy atom. The van der Waals surface area contributed by atoms with Crippen LogP contribution in [0.5, 0.6) is 5.75 Å². The standard InChI is InChI=1S/C17H22N2O5/c1-11(2)19-15(20)10-14(17(19)22)18-16(21)12-4-6-13(7-5-12)24-9-8-23-3/h4-7,11,14H,8-10H2,1-3H3,(H,18,21). The Morgan fingerprint density at radius 2 is 1.92 bits per heavy atom. The molecule has 1 heterocycles. The van der Waals surface area contributed by atoms with Gasteiger partial charge in [0.25, 0.3) is 11.8 Å². The summed E-state index contributed by atoms with van der Waals surface area (Å²) in [4.78, 5) is 37.5. The van der Waals surface area contributed by atoms with Gasteiger partial charge in [-0.2, -0.15) is 0 Å². The van der Waals surface area contributed by atoms with E-state index < -0.39 is 11.9 Å². The zero-order valence-corrected chi connectivity index (χ0v) is 14.1. The van der Waals surface area contributed by atoms with Gasteiger partial charge in [-0.15, -0.1) is 0 Å². The third-order valence-electron chi connectivity index (χ3n) is 3.68. The first-order valence-corrected chi connectivity index (χ1v) is 7.82. The first-order chi connectivity index (χ1) is 11.4. The maximum Gasteiger partial charge on any atom is 0.252 e. The first-order valence-electron chi connectivity index (χ1n) is 7.82. The van der Waals surface area contributed by atoms with Gasteiger partial charge >= 0.3 is 0 Å². The number of imide groups is 1. The molecule has 1 fully saturated rings. The Kier molecular flexibility index (Phi) is 5.92. The number of nitrogens with zero attached hydrogens (tertiary/aromatic N) is 1. The monoisotopic (exact) mass is 334 g/mol. The second-order valence-electron chi connectivity index (χ2n) is 5.79. The lowest BCUT2D eigenvalue weighted by atomic mass is 10.1. The summed E-state index contributed by atoms with van der Waals surface area (Å²) in [5.74, 6) is -0.387. The zero-order chi connectivity index (χ0) is 17.7. The second kappa shape index (κ2) is 7.92. The van der Waals surface area contributed by atoms with Gasteiger partial charge in [-0.25, -0.2) is 0 Å². The van der Waals surface area contributed by atoms with E-state index in [9.17, 15) is 14.4 Å². The lowest BCUT2D eigenvalue weighted by Crippen LogP contribution is -2.43. The highest BCUT2D eigenvalue weighted by atomic mass is 16.5. The fraction of sp³-hybridized carbons (Fsp3) is 0.471. The number of rotatable bonds is 7. The van der Waals surface area contributed by atoms with Crippen molar-refractivity contribution in [1.29, 1.82) is 0 Å². The molecule has 0 saturated carbocycles. The van der Waals surface area contributed by atoms with Crippen molar-refractivity contribution >= 4 is 17.7 Å². The highest BCUT2D eigenvalue weighted by Gasteiger charge is 2.40. The maximum atomic E-state index is 12.2. The fourth-order valence-electron chi connectivity index (χ4n) is 2.49. The molecule has 130 valence electrons. The van der Waals surface area contributed by atoms with Crippen molar-refractivity contribution in [3.05, 3.63) is 29.8 Å². The first kappa shape index (κ1) is 17.9. The van der Waals surface area contributed by atoms with Gasteiger partial charge in [0, 0.05) is 18.7 Å². The number of carbonyl (C=O) groups is 3. The Labute approximate surface area is 140 Å². The van der Waals surface area contributed by atoms with Crippen LogP contribution in [0.1, 0.15) is 30.6 Å². The minimum Gasteiger partial charge on any atom is -0.491 e. The van der Waals surface area contributed by atoms with Crippen molar-refractivity contribution < 1.29 is 23.9 Å². The van der Waals surface area contributed by atoms with Crippen LogP contribution >= 0.6 is 0 Å². The van der Waals surface area contributed by atoms with Crippen LogP contribution in [0.4, 0.5) is 0 Å². The molecule has 24 heavy (non-hydrogen) atoms. The molecule has 0 aliphatic carbocycles. The van der Waals surface area contributed by atoms with Crippen LogP contribution in [0.2, 0.25) is 0 Å². The lowest BCUT2D eigenvalue weighted by Gasteiger charge is -2.19. The number of methoxy groups -OCH3 is 1. The predicted octanol–water partition coefficient (Wildman–Crippen LogP) is 0.977. The van der Waals surface area contributed by atoms with Gasteiger partial charge < -0.3 is 14.8 Å². The van der Waals surface area contributed by atoms with Crippen molar-refractivity contribution in [3.63, 3.8) is 0 Å². The molecule has 1 unspecified atom stereocenters. The molecule has 1 aliphatic heterocycles. The maximum absolute atomic E-state index is 12.2. The summed E-state index contributed by atoms with van der Waals surface area (Å²) in [5, 5.41) is 2.62. The Hall–Kier alpha value is -2.41. The van der Waals surface area contributed by atoms with Gasteiger partial charge in [0.1, 0.15) is 18.4 Å². The summed E-state index contributed by atoms with van der Waals surface area (Å²) in [6.45, 7) is 4.43. The van der Waals surface area contributed by atoms with E-state index in [1.54, 1.807) is 45.2 Å². The molecule has 7 nitrogen and oxygen atoms in total. The minimum absolute atomic E-state index is 0.000958. The predicted molar refractivity (Wildman–Crippen MR) is 86.7 cm³/mol. The van der Waals surface area contributed by atoms with Crippen molar-refractivity contribution in [2.24, 2.45) is 0 Å². The third kappa shape index (κ3) is 4.11. The topological polar surface area (TPSA) is 84.9 Å². The van der Waals surface area contributed by atoms with Crippen LogP contribution in [0, 0.1) is 0 Å². The van der Waals surface area contributed by atoms with Gasteiger partial charge in [0.2, 0.25) is 5.91 Å². The van der Waals surface area contributed by atoms with Crippen LogP contribution < -0.4 is 10.1 Å². The Morgan fingerprint density at radius 3 is 2.46 bits per heavy atom. The van der Waals surface area contributed by atoms with E-state index in [0.29, 0.717) is 24.5 Å². The number of hydrogen-bond donors (Lipinski definition) is 1. The van der Waals surface area contributed by atoms with Crippen molar-refractivity contribution in [1.82, 2.24) is 10.2 Å². The lowest BCUT2D eigenvalue weighted by molar-refractivity contribution is -0.140. The summed E-state index contributed by atoms with van der Waals surface area (Å²) in [7, 11) is 1.59. The van der Waals surface area contributed by atoms with E-state index in [2.05, 4.69) is 5.32 Å². The summed E-state index contributed by atoms with van der Waals surface area (Å²) in [5.41, 5.74) is 0.400. The number of carbonyl (C=O) groups excluding carboxylic acids is 3. The van der Waals surface area contributed by atoms with E-state index in [1.165, 1.54) is 4.90 Å². The minimum atomic E-state index is -0.801. The molecule has 2 rings (SSSR count). The van der Waals surface area contributed by atoms with Crippen molar-refractivity contribution in [2.45, 2.75) is 32.4 Å². The molecule has 1 aliphatic rings. The largest absolute Gasteiger partial charge is 0.491 e. The van der Waals surface area contributed by atoms with Crippen LogP contribution in [0.25, 0.3) is 0 Å². The molecule has 1 atom stereocenters. The molecule has 0 bridgehead atoms. The van der Waals surface area contributed by atoms with Gasteiger partial charge in [-0.05, 0) is 38.1 Å². The molecule has 1 aromatic carbocycles. The molecule has 1 aromatic rings. The normalized spacial score (nSPS) is 17.5. The van der Waals surface area contributed by atoms with E-state index in [0.717, 1.165) is 0 Å². The van der Waals surface area contributed by atoms with E-state index in [1.807, 2.05) is 0 Å². The molecule has 7 heteroatoms. The SMILES string of the molecule is COCCOc1ccc(C(=O)NC2CC(=O)N(C(C)C)C2=O)cc1. The zero-order valence-electron chi connectivity index (χ0n) is 14.1. The highest BCUT2D eigenvalue weighted by molar-refractivity contribution is 6.08. The van der Waals surface area contributed by atoms with Crippen LogP contribution in [-0.4, -0.2) is 55.0 Å². The van der Waals surface area contributed by atoms with Crippen molar-refractivity contribution in [3.8, 4) is 5.75 Å². The summed E-state index contributed by atoms with van der Waals surface area (Å²) >= 11 is 0. The van der Waals surface area contributed by atoms with E-state index in [-0.39, 0.29) is 24.3 Å². The molecule has 0 spiro atoms. The molecule has 0 radical (unpaired) electrons. The molecule has 1 N–H and O–H groups in total. The van der Waals surface area contributed by atoms with Gasteiger partial charge in [0.15, 0.2) is 0 Å². The Bertz CT molecular complexity index is 612. The molecule has 1 saturated heterocycles. The van der Waals surface area contributed by atoms with Crippen LogP contribution in [0.15, 0.2) is 24.3 Å². The average Bonchev–Trinajstić information content (AvgIpc) is 2.82. The molecular formula is C17H22N2O5. The Balaban J connectivity index is 1.95. The third-order valence-corrected chi connectivity index (χ3v) is 3.68. The van der Waals surface area contributed by atoms with Crippen LogP contribution in [0.3, 0.4) is 0 Å². The molecule has 3 amide bonds. The number of amides is 3. The van der Waals surface area contributed by atoms with Gasteiger partial charge in [0.05, 0.1) is 13.0 Å². The van der Waals surface area contributed by atoms with Gasteiger partial charge in [-0.1, -0.05) is 0 Å². The fourth-order valence-corrected chi connectivity index (χ4v) is 2.49. The smallest absolute Gasteiger partial charge is 0.252 e. The number of hydrogen-bond acceptors (Lipinski definition) is 5. The van der Waals surface area contributed by atoms with Crippen molar-refractivity contribution in [2.75, 3.05) is 20.3 Å². The number of benzene rings is 1. The molecular weight excluding hydrogens is 312 g/mol. The second-order valence-corrected chi connectivity index (χ2v) is 5.79. The summed E-state index contributed by atoms with van der Waals surface area (Å²) in [6.07, 6.45) is 0.000958. The summed E-state index contributed by atoms with van der Waals surface area (Å²) < 4.78 is 10.3. The quantitative estimate of drug-likeness (QED) is 0.593. The number of ether oxygens (including phenoxy) is 2. The van der Waals surface area contributed by atoms with E-state index >= 15 is 0 Å². The summed E-state index contributed by atoms with van der Waals surface area (Å²) in [6, 6.07) is 5.55. The highest BCUT2D eigenvalue weighted by Crippen LogP contribution is 2.17.